The lowest BCUT2D eigenvalue weighted by Gasteiger charge is -2.02. The van der Waals surface area contributed by atoms with Gasteiger partial charge in [0.25, 0.3) is 0 Å². The van der Waals surface area contributed by atoms with Crippen LogP contribution in [0.1, 0.15) is 5.69 Å². The summed E-state index contributed by atoms with van der Waals surface area (Å²) in [6.45, 7) is 0. The van der Waals surface area contributed by atoms with E-state index in [-0.39, 0.29) is 6.42 Å². The van der Waals surface area contributed by atoms with Gasteiger partial charge in [-0.1, -0.05) is 0 Å². The van der Waals surface area contributed by atoms with Gasteiger partial charge in [0.2, 0.25) is 0 Å². The van der Waals surface area contributed by atoms with Crippen molar-refractivity contribution in [3.8, 4) is 0 Å². The lowest BCUT2D eigenvalue weighted by Crippen LogP contribution is -2.32. The highest BCUT2D eigenvalue weighted by molar-refractivity contribution is 5.73. The highest BCUT2D eigenvalue weighted by Crippen LogP contribution is 1.95. The third-order valence-corrected chi connectivity index (χ3v) is 1.31. The Morgan fingerprint density at radius 2 is 2.64 bits per heavy atom. The zero-order valence-electron chi connectivity index (χ0n) is 5.82. The fourth-order valence-corrected chi connectivity index (χ4v) is 0.721. The maximum atomic E-state index is 10.3. The van der Waals surface area contributed by atoms with Crippen molar-refractivity contribution in [3.05, 3.63) is 18.2 Å². The Morgan fingerprint density at radius 1 is 1.91 bits per heavy atom. The molecule has 5 nitrogen and oxygen atoms in total. The number of hydrogen-bond acceptors (Lipinski definition) is 3. The molecule has 0 amide bonds. The zero-order chi connectivity index (χ0) is 8.27. The maximum absolute atomic E-state index is 10.3. The van der Waals surface area contributed by atoms with Gasteiger partial charge in [-0.2, -0.15) is 0 Å². The van der Waals surface area contributed by atoms with Crippen LogP contribution in [0.2, 0.25) is 0 Å². The molecule has 11 heavy (non-hydrogen) atoms. The molecule has 1 aromatic heterocycles. The second kappa shape index (κ2) is 3.16. The quantitative estimate of drug-likeness (QED) is 0.407. The van der Waals surface area contributed by atoms with Gasteiger partial charge in [-0.25, -0.2) is 4.98 Å². The second-order valence-electron chi connectivity index (χ2n) is 2.23. The van der Waals surface area contributed by atoms with Gasteiger partial charge in [0, 0.05) is 18.3 Å². The van der Waals surface area contributed by atoms with E-state index in [2.05, 4.69) is 9.97 Å². The van der Waals surface area contributed by atoms with Crippen LogP contribution in [0.4, 0.5) is 0 Å². The summed E-state index contributed by atoms with van der Waals surface area (Å²) in [5, 5.41) is 8.42. The number of rotatable bonds is 3. The molecule has 0 bridgehead atoms. The highest BCUT2D eigenvalue weighted by Gasteiger charge is 2.11. The average molecular weight is 162 g/mol. The Bertz CT molecular complexity index is 232. The predicted molar refractivity (Wildman–Crippen MR) is 37.9 cm³/mol. The summed E-state index contributed by atoms with van der Waals surface area (Å²) in [4.78, 5) is 16.8. The number of aromatic nitrogens is 2. The number of nitrogens with two attached hydrogens (primary N) is 1. The standard InChI is InChI=1S/C6H9N3O2/c7-5(6(10)11)1-4-2-8-3-9-4/h2-3,5H,1,7H2,(H,8,9)(H,10,11)/t5-/m0/s1/i1+1,2+1,3+1,4+1,5+1,6+1,7+1. The van der Waals surface area contributed by atoms with E-state index in [1.807, 2.05) is 0 Å². The van der Waals surface area contributed by atoms with E-state index in [0.717, 1.165) is 5.69 Å². The molecule has 1 rings (SSSR count). The number of carboxylic acids is 1. The number of aliphatic carboxylic acids is 1. The molecule has 0 saturated carbocycles. The normalized spacial score (nSPS) is 12.8. The van der Waals surface area contributed by atoms with E-state index >= 15 is 0 Å². The Hall–Kier alpha value is -1.36. The molecule has 0 aliphatic carbocycles. The molecule has 4 N–H and O–H groups in total. The molecule has 0 radical (unpaired) electrons. The first-order valence-corrected chi connectivity index (χ1v) is 3.16. The third-order valence-electron chi connectivity index (χ3n) is 1.31. The molecule has 0 aliphatic rings. The van der Waals surface area contributed by atoms with Crippen molar-refractivity contribution in [1.29, 1.82) is 0 Å². The number of nitrogens with zero attached hydrogens (tertiary/aromatic N) is 1. The van der Waals surface area contributed by atoms with E-state index in [1.165, 1.54) is 6.33 Å². The minimum Gasteiger partial charge on any atom is -0.480 e. The topological polar surface area (TPSA) is 92.0 Å². The van der Waals surface area contributed by atoms with Crippen LogP contribution in [-0.4, -0.2) is 27.1 Å². The largest absolute Gasteiger partial charge is 0.480 e. The molecule has 0 unspecified atom stereocenters. The summed E-state index contributed by atoms with van der Waals surface area (Å²) in [6, 6.07) is -0.851. The molecule has 5 heteroatoms. The fourth-order valence-electron chi connectivity index (χ4n) is 0.721. The lowest BCUT2D eigenvalue weighted by atomic mass is 11.1. The summed E-state index contributed by atoms with van der Waals surface area (Å²) in [5.41, 5.74) is 6.00. The summed E-state index contributed by atoms with van der Waals surface area (Å²) >= 11 is 0. The van der Waals surface area contributed by atoms with E-state index in [1.54, 1.807) is 6.20 Å². The van der Waals surface area contributed by atoms with Gasteiger partial charge in [-0.15, -0.1) is 0 Å². The smallest absolute Gasteiger partial charge is 0.320 e. The van der Waals surface area contributed by atoms with E-state index in [9.17, 15) is 4.79 Å². The third kappa shape index (κ3) is 2.05. The summed E-state index contributed by atoms with van der Waals surface area (Å²) < 4.78 is 0. The fraction of sp³-hybridized carbons (Fsp3) is 0.333. The van der Waals surface area contributed by atoms with E-state index in [4.69, 9.17) is 10.8 Å². The zero-order valence-corrected chi connectivity index (χ0v) is 5.82. The van der Waals surface area contributed by atoms with Crippen molar-refractivity contribution >= 4 is 5.97 Å². The number of nitrogens with one attached hydrogen (secondary N) is 1. The van der Waals surface area contributed by atoms with Gasteiger partial charge >= 0.3 is 5.97 Å². The van der Waals surface area contributed by atoms with Gasteiger partial charge in [0.05, 0.1) is 6.33 Å². The average Bonchev–Trinajstić information content (AvgIpc) is 2.39. The van der Waals surface area contributed by atoms with Crippen LogP contribution < -0.4 is 5.73 Å². The van der Waals surface area contributed by atoms with Crippen LogP contribution in [0.3, 0.4) is 0 Å². The number of H-pyrrole nitrogens is 1. The molecule has 1 aromatic rings. The van der Waals surface area contributed by atoms with Crippen molar-refractivity contribution < 1.29 is 9.90 Å². The van der Waals surface area contributed by atoms with Gasteiger partial charge in [0.1, 0.15) is 6.04 Å². The molecule has 60 valence electrons. The van der Waals surface area contributed by atoms with Crippen LogP contribution in [0.25, 0.3) is 0 Å². The van der Waals surface area contributed by atoms with Crippen molar-refractivity contribution in [2.24, 2.45) is 5.73 Å². The number of carbonyl (C=O) groups is 1. The van der Waals surface area contributed by atoms with Crippen LogP contribution in [0, 0.1) is 0 Å². The number of carboxylic acid groups (broad SMARTS) is 1. The first kappa shape index (κ1) is 7.74. The van der Waals surface area contributed by atoms with Crippen LogP contribution in [0.5, 0.6) is 0 Å². The Labute approximate surface area is 63.3 Å². The van der Waals surface area contributed by atoms with Gasteiger partial charge in [0.15, 0.2) is 0 Å². The molecular weight excluding hydrogens is 153 g/mol. The molecule has 0 aromatic carbocycles. The summed E-state index contributed by atoms with van der Waals surface area (Å²) in [7, 11) is 0. The summed E-state index contributed by atoms with van der Waals surface area (Å²) in [5.74, 6) is -1.00. The number of hydrogen-bond donors (Lipinski definition) is 3. The first-order valence-electron chi connectivity index (χ1n) is 3.16. The van der Waals surface area contributed by atoms with Gasteiger partial charge in [-0.05, 0) is 0 Å². The molecule has 0 saturated heterocycles. The first-order chi connectivity index (χ1) is 5.20. The molecule has 1 heterocycles. The van der Waals surface area contributed by atoms with Crippen molar-refractivity contribution in [3.63, 3.8) is 0 Å². The molecular formula is C6H9N3O2. The Balaban J connectivity index is 2.50. The highest BCUT2D eigenvalue weighted by atomic mass is 16.5. The molecule has 0 spiro atoms. The maximum Gasteiger partial charge on any atom is 0.320 e. The second-order valence-corrected chi connectivity index (χ2v) is 2.23. The van der Waals surface area contributed by atoms with Crippen molar-refractivity contribution in [1.82, 2.24) is 9.97 Å². The lowest BCUT2D eigenvalue weighted by molar-refractivity contribution is -0.138. The minimum atomic E-state index is -1.00. The van der Waals surface area contributed by atoms with Crippen molar-refractivity contribution in [2.45, 2.75) is 12.5 Å². The molecule has 0 fully saturated rings. The minimum absolute atomic E-state index is 0.287. The van der Waals surface area contributed by atoms with E-state index in [0.29, 0.717) is 0 Å². The number of imidazole rings is 1. The van der Waals surface area contributed by atoms with Crippen LogP contribution >= 0.6 is 0 Å². The Morgan fingerprint density at radius 3 is 3.09 bits per heavy atom. The SMILES string of the molecule is [15NH2][13C@@H]([13CH2][13c]1[13cH]n[13cH][nH]1)[13C](=O)O. The van der Waals surface area contributed by atoms with Gasteiger partial charge in [-0.3, -0.25) is 4.79 Å². The Kier molecular flexibility index (Phi) is 2.22. The van der Waals surface area contributed by atoms with Crippen LogP contribution in [0.15, 0.2) is 12.5 Å². The van der Waals surface area contributed by atoms with Crippen LogP contribution in [-0.2, 0) is 11.2 Å². The predicted octanol–water partition coefficient (Wildman–Crippen LogP) is -0.636. The number of aromatic amines is 1. The van der Waals surface area contributed by atoms with E-state index < -0.39 is 12.0 Å². The molecule has 0 aliphatic heterocycles. The summed E-state index contributed by atoms with van der Waals surface area (Å²) in [6.07, 6.45) is 3.34. The molecule has 1 atom stereocenters. The van der Waals surface area contributed by atoms with Gasteiger partial charge < -0.3 is 15.8 Å². The monoisotopic (exact) mass is 162 g/mol. The van der Waals surface area contributed by atoms with Crippen molar-refractivity contribution in [2.75, 3.05) is 0 Å².